The van der Waals surface area contributed by atoms with E-state index in [-0.39, 0.29) is 28.4 Å². The lowest BCUT2D eigenvalue weighted by Crippen LogP contribution is -2.56. The fourth-order valence-corrected chi connectivity index (χ4v) is 9.97. The van der Waals surface area contributed by atoms with E-state index >= 15 is 0 Å². The number of hydrogen-bond acceptors (Lipinski definition) is 0. The number of aryl methyl sites for hydroxylation is 5. The molecule has 2 aliphatic carbocycles. The minimum atomic E-state index is 0.0803. The van der Waals surface area contributed by atoms with Gasteiger partial charge in [-0.3, -0.25) is 0 Å². The molecular weight excluding hydrogens is 611 g/mol. The molecule has 2 aliphatic rings. The SMILES string of the molecule is Cc1cc(C)c(B(c2ccc(C(C)(C)C)cc2CCc2cc(C(C)(C)C)cc(C(C)(C)C)c2)c2cccc3c2CC2(C)CCCCC32C)c(C)c1. The highest BCUT2D eigenvalue weighted by Gasteiger charge is 2.53. The molecule has 6 rings (SSSR count). The molecule has 4 aromatic rings. The summed E-state index contributed by atoms with van der Waals surface area (Å²) in [5, 5.41) is 0. The Kier molecular flexibility index (Phi) is 9.69. The van der Waals surface area contributed by atoms with Crippen LogP contribution in [0.15, 0.2) is 66.7 Å². The predicted octanol–water partition coefficient (Wildman–Crippen LogP) is 11.2. The van der Waals surface area contributed by atoms with Gasteiger partial charge in [-0.2, -0.15) is 0 Å². The molecule has 0 bridgehead atoms. The van der Waals surface area contributed by atoms with Crippen molar-refractivity contribution >= 4 is 23.1 Å². The number of hydrogen-bond donors (Lipinski definition) is 0. The standard InChI is InChI=1S/C50H67B/c1-33-26-34(2)45(35(3)27-33)51(44-19-17-18-42-41(44)32-49(13)24-15-16-25-50(42,49)14)43-23-22-38(46(4,5)6)30-37(43)21-20-36-28-39(47(7,8)9)31-40(29-36)48(10,11)12/h17-19,22-23,26-31H,15-16,20-21,24-25,32H2,1-14H3. The fraction of sp³-hybridized carbons (Fsp3) is 0.520. The van der Waals surface area contributed by atoms with Crippen molar-refractivity contribution in [3.05, 3.63) is 122 Å². The summed E-state index contributed by atoms with van der Waals surface area (Å²) in [6.07, 6.45) is 8.61. The van der Waals surface area contributed by atoms with Gasteiger partial charge in [0.25, 0.3) is 0 Å². The fourth-order valence-electron chi connectivity index (χ4n) is 9.97. The van der Waals surface area contributed by atoms with Crippen molar-refractivity contribution in [3.63, 3.8) is 0 Å². The Bertz CT molecular complexity index is 1880. The third-order valence-corrected chi connectivity index (χ3v) is 13.4. The molecule has 270 valence electrons. The Labute approximate surface area is 313 Å². The van der Waals surface area contributed by atoms with Crippen LogP contribution >= 0.6 is 0 Å². The Morgan fingerprint density at radius 3 is 1.78 bits per heavy atom. The summed E-state index contributed by atoms with van der Waals surface area (Å²) in [6.45, 7) is 33.6. The van der Waals surface area contributed by atoms with Crippen LogP contribution in [0.4, 0.5) is 0 Å². The van der Waals surface area contributed by atoms with Crippen LogP contribution in [0.3, 0.4) is 0 Å². The quantitative estimate of drug-likeness (QED) is 0.178. The Balaban J connectivity index is 1.57. The van der Waals surface area contributed by atoms with Gasteiger partial charge in [0.05, 0.1) is 0 Å². The van der Waals surface area contributed by atoms with Crippen molar-refractivity contribution in [2.24, 2.45) is 5.41 Å². The van der Waals surface area contributed by atoms with Crippen LogP contribution in [0.25, 0.3) is 0 Å². The largest absolute Gasteiger partial charge is 0.242 e. The Morgan fingerprint density at radius 1 is 0.608 bits per heavy atom. The Morgan fingerprint density at radius 2 is 1.20 bits per heavy atom. The van der Waals surface area contributed by atoms with Crippen LogP contribution in [0, 0.1) is 26.2 Å². The van der Waals surface area contributed by atoms with Crippen molar-refractivity contribution in [1.29, 1.82) is 0 Å². The van der Waals surface area contributed by atoms with Crippen LogP contribution in [0.5, 0.6) is 0 Å². The van der Waals surface area contributed by atoms with Gasteiger partial charge >= 0.3 is 0 Å². The second-order valence-electron chi connectivity index (χ2n) is 20.5. The van der Waals surface area contributed by atoms with Gasteiger partial charge < -0.3 is 0 Å². The monoisotopic (exact) mass is 679 g/mol. The lowest BCUT2D eigenvalue weighted by atomic mass is 9.34. The van der Waals surface area contributed by atoms with E-state index in [0.29, 0.717) is 5.41 Å². The minimum absolute atomic E-state index is 0.0803. The van der Waals surface area contributed by atoms with Crippen molar-refractivity contribution in [2.75, 3.05) is 0 Å². The van der Waals surface area contributed by atoms with Crippen molar-refractivity contribution in [3.8, 4) is 0 Å². The number of rotatable bonds is 6. The second kappa shape index (κ2) is 13.1. The zero-order chi connectivity index (χ0) is 37.3. The first-order valence-corrected chi connectivity index (χ1v) is 20.1. The maximum Gasteiger partial charge on any atom is 0.242 e. The van der Waals surface area contributed by atoms with Gasteiger partial charge in [-0.25, -0.2) is 0 Å². The third-order valence-electron chi connectivity index (χ3n) is 13.4. The molecule has 1 fully saturated rings. The first-order chi connectivity index (χ1) is 23.6. The number of fused-ring (bicyclic) bond motifs is 3. The van der Waals surface area contributed by atoms with Crippen LogP contribution in [-0.4, -0.2) is 6.71 Å². The lowest BCUT2D eigenvalue weighted by molar-refractivity contribution is 0.110. The zero-order valence-electron chi connectivity index (χ0n) is 34.9. The molecule has 1 saturated carbocycles. The summed E-state index contributed by atoms with van der Waals surface area (Å²) in [5.41, 5.74) is 20.2. The van der Waals surface area contributed by atoms with E-state index < -0.39 is 0 Å². The van der Waals surface area contributed by atoms with E-state index in [4.69, 9.17) is 0 Å². The van der Waals surface area contributed by atoms with E-state index in [1.165, 1.54) is 87.5 Å². The van der Waals surface area contributed by atoms with Crippen LogP contribution in [0.2, 0.25) is 0 Å². The van der Waals surface area contributed by atoms with E-state index in [0.717, 1.165) is 12.8 Å². The van der Waals surface area contributed by atoms with E-state index in [2.05, 4.69) is 164 Å². The molecule has 0 spiro atoms. The lowest BCUT2D eigenvalue weighted by Gasteiger charge is -2.46. The predicted molar refractivity (Wildman–Crippen MR) is 226 cm³/mol. The number of benzene rings is 4. The summed E-state index contributed by atoms with van der Waals surface area (Å²) in [7, 11) is 0. The summed E-state index contributed by atoms with van der Waals surface area (Å²) < 4.78 is 0. The van der Waals surface area contributed by atoms with Crippen molar-refractivity contribution < 1.29 is 0 Å². The van der Waals surface area contributed by atoms with E-state index in [1.54, 1.807) is 16.6 Å². The van der Waals surface area contributed by atoms with Gasteiger partial charge in [0.1, 0.15) is 0 Å². The molecule has 0 amide bonds. The average molecular weight is 679 g/mol. The first-order valence-electron chi connectivity index (χ1n) is 20.1. The van der Waals surface area contributed by atoms with Gasteiger partial charge in [-0.1, -0.05) is 194 Å². The van der Waals surface area contributed by atoms with E-state index in [1.807, 2.05) is 0 Å². The highest BCUT2D eigenvalue weighted by Crippen LogP contribution is 2.58. The first kappa shape index (κ1) is 37.7. The van der Waals surface area contributed by atoms with Crippen LogP contribution < -0.4 is 16.4 Å². The minimum Gasteiger partial charge on any atom is -0.0667 e. The molecule has 4 aromatic carbocycles. The topological polar surface area (TPSA) is 0 Å². The smallest absolute Gasteiger partial charge is 0.0667 e. The van der Waals surface area contributed by atoms with Crippen LogP contribution in [0.1, 0.15) is 157 Å². The molecule has 2 unspecified atom stereocenters. The molecule has 0 saturated heterocycles. The zero-order valence-corrected chi connectivity index (χ0v) is 34.9. The van der Waals surface area contributed by atoms with Gasteiger partial charge in [0.15, 0.2) is 0 Å². The van der Waals surface area contributed by atoms with Crippen molar-refractivity contribution in [2.45, 2.75) is 164 Å². The molecule has 0 aliphatic heterocycles. The summed E-state index contributed by atoms with van der Waals surface area (Å²) in [6, 6.07) is 27.3. The molecule has 0 aromatic heterocycles. The molecule has 0 heterocycles. The van der Waals surface area contributed by atoms with Crippen molar-refractivity contribution in [1.82, 2.24) is 0 Å². The van der Waals surface area contributed by atoms with Gasteiger partial charge in [0, 0.05) is 0 Å². The second-order valence-corrected chi connectivity index (χ2v) is 20.5. The maximum absolute atomic E-state index is 2.61. The molecular formula is C50H67B. The normalized spacial score (nSPS) is 20.7. The molecule has 51 heavy (non-hydrogen) atoms. The van der Waals surface area contributed by atoms with Gasteiger partial charge in [0.2, 0.25) is 6.71 Å². The molecule has 0 N–H and O–H groups in total. The summed E-state index contributed by atoms with van der Waals surface area (Å²) in [5.74, 6) is 0. The highest BCUT2D eigenvalue weighted by atomic mass is 14.6. The molecule has 2 atom stereocenters. The Hall–Kier alpha value is -3.06. The van der Waals surface area contributed by atoms with Crippen LogP contribution in [-0.2, 0) is 40.9 Å². The molecule has 0 nitrogen and oxygen atoms in total. The summed E-state index contributed by atoms with van der Waals surface area (Å²) >= 11 is 0. The third kappa shape index (κ3) is 7.05. The highest BCUT2D eigenvalue weighted by molar-refractivity contribution is 6.96. The molecule has 0 radical (unpaired) electrons. The van der Waals surface area contributed by atoms with Gasteiger partial charge in [-0.05, 0) is 113 Å². The summed E-state index contributed by atoms with van der Waals surface area (Å²) in [4.78, 5) is 0. The molecule has 1 heteroatoms. The average Bonchev–Trinajstić information content (AvgIpc) is 3.27. The maximum atomic E-state index is 2.61. The van der Waals surface area contributed by atoms with Gasteiger partial charge in [-0.15, -0.1) is 0 Å². The van der Waals surface area contributed by atoms with E-state index in [9.17, 15) is 0 Å².